The maximum Gasteiger partial charge on any atom is 0.331 e. The fourth-order valence-electron chi connectivity index (χ4n) is 3.16. The van der Waals surface area contributed by atoms with Crippen molar-refractivity contribution in [3.05, 3.63) is 40.3 Å². The molecular formula is C17H21N3O3S. The Bertz CT molecular complexity index is 715. The molecule has 1 saturated heterocycles. The highest BCUT2D eigenvalue weighted by Gasteiger charge is 2.44. The molecular weight excluding hydrogens is 326 g/mol. The van der Waals surface area contributed by atoms with Gasteiger partial charge in [-0.15, -0.1) is 0 Å². The molecule has 2 aromatic rings. The largest absolute Gasteiger partial charge is 0.479 e. The Morgan fingerprint density at radius 1 is 1.38 bits per heavy atom. The Morgan fingerprint density at radius 2 is 2.12 bits per heavy atom. The summed E-state index contributed by atoms with van der Waals surface area (Å²) < 4.78 is 1.55. The van der Waals surface area contributed by atoms with E-state index in [1.807, 2.05) is 18.4 Å². The van der Waals surface area contributed by atoms with Gasteiger partial charge in [0.25, 0.3) is 0 Å². The number of thiophene rings is 1. The summed E-state index contributed by atoms with van der Waals surface area (Å²) in [6, 6.07) is 2.03. The van der Waals surface area contributed by atoms with Gasteiger partial charge in [-0.25, -0.2) is 4.79 Å². The lowest BCUT2D eigenvalue weighted by atomic mass is 9.87. The number of likely N-dealkylation sites (tertiary alicyclic amines) is 1. The van der Waals surface area contributed by atoms with E-state index in [-0.39, 0.29) is 5.91 Å². The van der Waals surface area contributed by atoms with Crippen molar-refractivity contribution in [1.29, 1.82) is 0 Å². The molecule has 1 fully saturated rings. The predicted octanol–water partition coefficient (Wildman–Crippen LogP) is 2.29. The molecule has 0 bridgehead atoms. The second kappa shape index (κ2) is 6.76. The third kappa shape index (κ3) is 3.21. The highest BCUT2D eigenvalue weighted by atomic mass is 32.1. The molecule has 1 aliphatic rings. The number of nitrogens with zero attached hydrogens (tertiary/aromatic N) is 3. The zero-order valence-corrected chi connectivity index (χ0v) is 14.5. The fourth-order valence-corrected chi connectivity index (χ4v) is 3.86. The van der Waals surface area contributed by atoms with Crippen molar-refractivity contribution in [3.8, 4) is 0 Å². The van der Waals surface area contributed by atoms with Crippen molar-refractivity contribution in [2.75, 3.05) is 13.1 Å². The highest BCUT2D eigenvalue weighted by Crippen LogP contribution is 2.30. The van der Waals surface area contributed by atoms with E-state index in [0.717, 1.165) is 12.0 Å². The highest BCUT2D eigenvalue weighted by molar-refractivity contribution is 7.07. The van der Waals surface area contributed by atoms with Crippen LogP contribution in [0, 0.1) is 6.92 Å². The third-order valence-corrected chi connectivity index (χ3v) is 5.43. The number of piperidine rings is 1. The standard InChI is InChI=1S/C17H21N3O3S/c1-13-10-18-20(11-13)17(16(22)23)5-7-19(8-6-17)15(21)3-2-14-4-9-24-12-14/h4,9-12H,2-3,5-8H2,1H3,(H,22,23). The van der Waals surface area contributed by atoms with Crippen LogP contribution in [0.5, 0.6) is 0 Å². The topological polar surface area (TPSA) is 75.4 Å². The van der Waals surface area contributed by atoms with Crippen LogP contribution in [0.3, 0.4) is 0 Å². The molecule has 0 atom stereocenters. The number of carboxylic acids is 1. The molecule has 0 radical (unpaired) electrons. The number of hydrogen-bond acceptors (Lipinski definition) is 4. The maximum absolute atomic E-state index is 12.4. The van der Waals surface area contributed by atoms with Crippen LogP contribution in [0.2, 0.25) is 0 Å². The first-order chi connectivity index (χ1) is 11.5. The van der Waals surface area contributed by atoms with Crippen molar-refractivity contribution in [1.82, 2.24) is 14.7 Å². The van der Waals surface area contributed by atoms with Crippen LogP contribution < -0.4 is 0 Å². The molecule has 0 aromatic carbocycles. The second-order valence-corrected chi connectivity index (χ2v) is 7.09. The molecule has 3 rings (SSSR count). The van der Waals surface area contributed by atoms with Crippen molar-refractivity contribution in [3.63, 3.8) is 0 Å². The molecule has 1 aliphatic heterocycles. The van der Waals surface area contributed by atoms with Gasteiger partial charge in [0.05, 0.1) is 6.20 Å². The van der Waals surface area contributed by atoms with Crippen molar-refractivity contribution < 1.29 is 14.7 Å². The van der Waals surface area contributed by atoms with Crippen LogP contribution in [0.15, 0.2) is 29.2 Å². The average molecular weight is 347 g/mol. The van der Waals surface area contributed by atoms with Gasteiger partial charge in [0.15, 0.2) is 5.54 Å². The van der Waals surface area contributed by atoms with E-state index in [4.69, 9.17) is 0 Å². The Hall–Kier alpha value is -2.15. The molecule has 1 amide bonds. The number of hydrogen-bond donors (Lipinski definition) is 1. The van der Waals surface area contributed by atoms with E-state index in [1.54, 1.807) is 33.3 Å². The molecule has 0 saturated carbocycles. The van der Waals surface area contributed by atoms with Crippen molar-refractivity contribution in [2.45, 2.75) is 38.1 Å². The van der Waals surface area contributed by atoms with Crippen LogP contribution >= 0.6 is 11.3 Å². The summed E-state index contributed by atoms with van der Waals surface area (Å²) in [5.41, 5.74) is 1.07. The SMILES string of the molecule is Cc1cnn(C2(C(=O)O)CCN(C(=O)CCc3ccsc3)CC2)c1. The number of aromatic nitrogens is 2. The second-order valence-electron chi connectivity index (χ2n) is 6.31. The van der Waals surface area contributed by atoms with E-state index in [0.29, 0.717) is 32.4 Å². The van der Waals surface area contributed by atoms with Gasteiger partial charge in [-0.2, -0.15) is 16.4 Å². The van der Waals surface area contributed by atoms with Crippen molar-refractivity contribution >= 4 is 23.2 Å². The van der Waals surface area contributed by atoms with Gasteiger partial charge in [-0.3, -0.25) is 9.48 Å². The van der Waals surface area contributed by atoms with Crippen LogP contribution in [0.25, 0.3) is 0 Å². The van der Waals surface area contributed by atoms with Gasteiger partial charge in [0.2, 0.25) is 5.91 Å². The first-order valence-electron chi connectivity index (χ1n) is 8.05. The van der Waals surface area contributed by atoms with Gasteiger partial charge in [0.1, 0.15) is 0 Å². The van der Waals surface area contributed by atoms with E-state index in [1.165, 1.54) is 5.56 Å². The first kappa shape index (κ1) is 16.7. The molecule has 3 heterocycles. The van der Waals surface area contributed by atoms with Gasteiger partial charge in [-0.05, 0) is 41.3 Å². The summed E-state index contributed by atoms with van der Waals surface area (Å²) >= 11 is 1.63. The van der Waals surface area contributed by atoms with Crippen LogP contribution in [0.1, 0.15) is 30.4 Å². The molecule has 7 heteroatoms. The zero-order valence-electron chi connectivity index (χ0n) is 13.6. The molecule has 24 heavy (non-hydrogen) atoms. The lowest BCUT2D eigenvalue weighted by Gasteiger charge is -2.39. The van der Waals surface area contributed by atoms with Gasteiger partial charge < -0.3 is 10.0 Å². The van der Waals surface area contributed by atoms with E-state index in [9.17, 15) is 14.7 Å². The zero-order chi connectivity index (χ0) is 17.2. The lowest BCUT2D eigenvalue weighted by Crippen LogP contribution is -2.52. The van der Waals surface area contributed by atoms with Crippen LogP contribution in [-0.4, -0.2) is 44.8 Å². The average Bonchev–Trinajstić information content (AvgIpc) is 3.24. The maximum atomic E-state index is 12.4. The summed E-state index contributed by atoms with van der Waals surface area (Å²) in [6.07, 6.45) is 5.41. The molecule has 0 spiro atoms. The minimum Gasteiger partial charge on any atom is -0.479 e. The molecule has 0 aliphatic carbocycles. The molecule has 0 unspecified atom stereocenters. The molecule has 2 aromatic heterocycles. The van der Waals surface area contributed by atoms with Crippen LogP contribution in [0.4, 0.5) is 0 Å². The fraction of sp³-hybridized carbons (Fsp3) is 0.471. The summed E-state index contributed by atoms with van der Waals surface area (Å²) in [4.78, 5) is 26.0. The quantitative estimate of drug-likeness (QED) is 0.900. The normalized spacial score (nSPS) is 17.0. The number of carboxylic acid groups (broad SMARTS) is 1. The van der Waals surface area contributed by atoms with Gasteiger partial charge >= 0.3 is 5.97 Å². The Kier molecular flexibility index (Phi) is 4.71. The Balaban J connectivity index is 1.63. The number of carbonyl (C=O) groups is 2. The summed E-state index contributed by atoms with van der Waals surface area (Å²) in [5.74, 6) is -0.784. The molecule has 6 nitrogen and oxygen atoms in total. The lowest BCUT2D eigenvalue weighted by molar-refractivity contribution is -0.153. The number of rotatable bonds is 5. The number of carbonyl (C=O) groups excluding carboxylic acids is 1. The Morgan fingerprint density at radius 3 is 2.67 bits per heavy atom. The summed E-state index contributed by atoms with van der Waals surface area (Å²) in [7, 11) is 0. The predicted molar refractivity (Wildman–Crippen MR) is 91.0 cm³/mol. The Labute approximate surface area is 144 Å². The summed E-state index contributed by atoms with van der Waals surface area (Å²) in [6.45, 7) is 2.80. The first-order valence-corrected chi connectivity index (χ1v) is 8.99. The molecule has 1 N–H and O–H groups in total. The van der Waals surface area contributed by atoms with E-state index < -0.39 is 11.5 Å². The van der Waals surface area contributed by atoms with E-state index >= 15 is 0 Å². The smallest absolute Gasteiger partial charge is 0.331 e. The van der Waals surface area contributed by atoms with Crippen molar-refractivity contribution in [2.24, 2.45) is 0 Å². The number of aliphatic carboxylic acids is 1. The minimum atomic E-state index is -1.04. The van der Waals surface area contributed by atoms with Crippen LogP contribution in [-0.2, 0) is 21.5 Å². The monoisotopic (exact) mass is 347 g/mol. The summed E-state index contributed by atoms with van der Waals surface area (Å²) in [5, 5.41) is 18.0. The number of amides is 1. The van der Waals surface area contributed by atoms with Gasteiger partial charge in [0, 0.05) is 38.5 Å². The van der Waals surface area contributed by atoms with Gasteiger partial charge in [-0.1, -0.05) is 0 Å². The third-order valence-electron chi connectivity index (χ3n) is 4.70. The molecule has 128 valence electrons. The number of aryl methyl sites for hydroxylation is 2. The minimum absolute atomic E-state index is 0.0943. The van der Waals surface area contributed by atoms with E-state index in [2.05, 4.69) is 10.5 Å².